The van der Waals surface area contributed by atoms with Crippen molar-refractivity contribution in [2.75, 3.05) is 0 Å². The molecule has 0 aliphatic carbocycles. The molecule has 0 aliphatic heterocycles. The van der Waals surface area contributed by atoms with E-state index in [1.54, 1.807) is 60.7 Å². The first-order valence-corrected chi connectivity index (χ1v) is 8.44. The summed E-state index contributed by atoms with van der Waals surface area (Å²) >= 11 is 0. The van der Waals surface area contributed by atoms with Crippen molar-refractivity contribution in [3.05, 3.63) is 90.1 Å². The average molecular weight is 375 g/mol. The lowest BCUT2D eigenvalue weighted by atomic mass is 9.96. The summed E-state index contributed by atoms with van der Waals surface area (Å²) in [4.78, 5) is 4.03. The Labute approximate surface area is 160 Å². The lowest BCUT2D eigenvalue weighted by Crippen LogP contribution is -2.08. The summed E-state index contributed by atoms with van der Waals surface area (Å²) in [6, 6.07) is 20.4. The third kappa shape index (κ3) is 3.21. The molecular formula is C23H13F3N2. The van der Waals surface area contributed by atoms with Gasteiger partial charge in [-0.1, -0.05) is 54.6 Å². The summed E-state index contributed by atoms with van der Waals surface area (Å²) in [5.74, 6) is 0. The Bertz CT molecular complexity index is 1260. The van der Waals surface area contributed by atoms with E-state index in [2.05, 4.69) is 11.1 Å². The Morgan fingerprint density at radius 3 is 2.43 bits per heavy atom. The highest BCUT2D eigenvalue weighted by Crippen LogP contribution is 2.38. The summed E-state index contributed by atoms with van der Waals surface area (Å²) in [5.41, 5.74) is 0.872. The third-order valence-corrected chi connectivity index (χ3v) is 4.51. The van der Waals surface area contributed by atoms with Crippen molar-refractivity contribution in [2.45, 2.75) is 6.18 Å². The number of halogens is 3. The van der Waals surface area contributed by atoms with Gasteiger partial charge < -0.3 is 0 Å². The predicted molar refractivity (Wildman–Crippen MR) is 102 cm³/mol. The van der Waals surface area contributed by atoms with E-state index in [9.17, 15) is 18.4 Å². The third-order valence-electron chi connectivity index (χ3n) is 4.51. The van der Waals surface area contributed by atoms with E-state index >= 15 is 0 Å². The van der Waals surface area contributed by atoms with Crippen molar-refractivity contribution < 1.29 is 14.5 Å². The minimum Gasteiger partial charge on any atom is -0.256 e. The second kappa shape index (κ2) is 6.82. The van der Waals surface area contributed by atoms with Crippen LogP contribution in [0.3, 0.4) is 0 Å². The van der Waals surface area contributed by atoms with Crippen LogP contribution in [0.1, 0.15) is 12.5 Å². The molecule has 0 saturated carbocycles. The molecule has 0 spiro atoms. The lowest BCUT2D eigenvalue weighted by molar-refractivity contribution is -0.137. The number of hydrogen-bond acceptors (Lipinski definition) is 2. The smallest absolute Gasteiger partial charge is 0.256 e. The molecule has 3 aromatic carbocycles. The molecule has 0 N–H and O–H groups in total. The minimum absolute atomic E-state index is 0.0308. The van der Waals surface area contributed by atoms with Gasteiger partial charge in [0.2, 0.25) is 0 Å². The van der Waals surface area contributed by atoms with Gasteiger partial charge in [-0.3, -0.25) is 4.98 Å². The Morgan fingerprint density at radius 2 is 1.71 bits per heavy atom. The molecule has 0 bridgehead atoms. The summed E-state index contributed by atoms with van der Waals surface area (Å²) < 4.78 is 48.3. The number of aromatic nitrogens is 1. The molecule has 0 amide bonds. The van der Waals surface area contributed by atoms with Gasteiger partial charge in [0.1, 0.15) is 0 Å². The van der Waals surface area contributed by atoms with Crippen molar-refractivity contribution in [2.24, 2.45) is 0 Å². The van der Waals surface area contributed by atoms with Gasteiger partial charge >= 0.3 is 6.18 Å². The first kappa shape index (κ1) is 16.5. The topological polar surface area (TPSA) is 36.7 Å². The van der Waals surface area contributed by atoms with Gasteiger partial charge in [-0.2, -0.15) is 18.4 Å². The molecule has 0 atom stereocenters. The number of pyridine rings is 1. The maximum Gasteiger partial charge on any atom is 0.418 e. The van der Waals surface area contributed by atoms with Crippen LogP contribution in [0, 0.1) is 11.3 Å². The van der Waals surface area contributed by atoms with Gasteiger partial charge in [0.05, 0.1) is 24.3 Å². The largest absolute Gasteiger partial charge is 0.418 e. The van der Waals surface area contributed by atoms with Crippen LogP contribution >= 0.6 is 0 Å². The van der Waals surface area contributed by atoms with Crippen LogP contribution in [0.25, 0.3) is 33.2 Å². The molecule has 0 aliphatic rings. The molecule has 0 unspecified atom stereocenters. The highest BCUT2D eigenvalue weighted by molar-refractivity contribution is 5.92. The molecule has 4 aromatic rings. The maximum absolute atomic E-state index is 13.5. The van der Waals surface area contributed by atoms with Crippen molar-refractivity contribution in [3.8, 4) is 28.5 Å². The highest BCUT2D eigenvalue weighted by atomic mass is 19.4. The second-order valence-electron chi connectivity index (χ2n) is 6.26. The van der Waals surface area contributed by atoms with Gasteiger partial charge in [-0.25, -0.2) is 0 Å². The van der Waals surface area contributed by atoms with E-state index in [1.165, 1.54) is 6.07 Å². The van der Waals surface area contributed by atoms with Crippen molar-refractivity contribution >= 4 is 10.8 Å². The summed E-state index contributed by atoms with van der Waals surface area (Å²) in [6.45, 7) is 0. The van der Waals surface area contributed by atoms with Gasteiger partial charge in [-0.05, 0) is 40.1 Å². The quantitative estimate of drug-likeness (QED) is 0.403. The Balaban J connectivity index is 1.95. The fourth-order valence-corrected chi connectivity index (χ4v) is 3.18. The number of benzene rings is 3. The molecule has 136 valence electrons. The fraction of sp³-hybridized carbons (Fsp3) is 0.0435. The molecule has 0 radical (unpaired) electrons. The van der Waals surface area contributed by atoms with E-state index in [0.29, 0.717) is 27.8 Å². The van der Waals surface area contributed by atoms with Gasteiger partial charge in [0.15, 0.2) is 0 Å². The van der Waals surface area contributed by atoms with E-state index in [0.717, 1.165) is 11.6 Å². The summed E-state index contributed by atoms with van der Waals surface area (Å²) in [7, 11) is 0. The number of nitriles is 1. The highest BCUT2D eigenvalue weighted by Gasteiger charge is 2.34. The van der Waals surface area contributed by atoms with Crippen molar-refractivity contribution in [1.29, 1.82) is 5.26 Å². The zero-order chi connectivity index (χ0) is 20.6. The van der Waals surface area contributed by atoms with Crippen LogP contribution < -0.4 is 0 Å². The van der Waals surface area contributed by atoms with Crippen LogP contribution in [-0.4, -0.2) is 4.98 Å². The van der Waals surface area contributed by atoms with E-state index in [1.807, 2.05) is 0 Å². The zero-order valence-corrected chi connectivity index (χ0v) is 14.5. The normalized spacial score (nSPS) is 11.9. The Morgan fingerprint density at radius 1 is 0.929 bits per heavy atom. The van der Waals surface area contributed by atoms with Crippen molar-refractivity contribution in [1.82, 2.24) is 4.98 Å². The summed E-state index contributed by atoms with van der Waals surface area (Å²) in [6.07, 6.45) is -3.71. The fourth-order valence-electron chi connectivity index (χ4n) is 3.18. The average Bonchev–Trinajstić information content (AvgIpc) is 2.72. The van der Waals surface area contributed by atoms with Crippen LogP contribution in [0.4, 0.5) is 13.2 Å². The molecule has 4 rings (SSSR count). The maximum atomic E-state index is 13.5. The molecule has 28 heavy (non-hydrogen) atoms. The standard InChI is InChI=1S/C23H13F3N2/c24-23(25,26)21-14-28-22(12-20(21)15-6-2-1-3-7-15)17-10-16-8-4-5-9-19(16)18(11-17)13-27/h1-12,14H/i5D. The predicted octanol–water partition coefficient (Wildman–Crippen LogP) is 6.46. The molecule has 1 aromatic heterocycles. The zero-order valence-electron chi connectivity index (χ0n) is 15.5. The van der Waals surface area contributed by atoms with Gasteiger partial charge in [0, 0.05) is 11.8 Å². The second-order valence-corrected chi connectivity index (χ2v) is 6.26. The number of fused-ring (bicyclic) bond motifs is 1. The Kier molecular flexibility index (Phi) is 4.02. The number of hydrogen-bond donors (Lipinski definition) is 0. The molecule has 1 heterocycles. The van der Waals surface area contributed by atoms with Gasteiger partial charge in [-0.15, -0.1) is 0 Å². The molecule has 0 fully saturated rings. The monoisotopic (exact) mass is 375 g/mol. The SMILES string of the molecule is [2H]c1ccc2cc(-c3cc(-c4ccccc4)c(C(F)(F)F)cn3)cc(C#N)c2c1. The first-order chi connectivity index (χ1) is 13.9. The van der Waals surface area contributed by atoms with Crippen LogP contribution in [0.15, 0.2) is 79.0 Å². The molecule has 0 saturated heterocycles. The van der Waals surface area contributed by atoms with E-state index in [-0.39, 0.29) is 11.6 Å². The van der Waals surface area contributed by atoms with Gasteiger partial charge in [0.25, 0.3) is 0 Å². The summed E-state index contributed by atoms with van der Waals surface area (Å²) in [5, 5.41) is 10.8. The molecule has 5 heteroatoms. The van der Waals surface area contributed by atoms with E-state index < -0.39 is 11.7 Å². The minimum atomic E-state index is -4.54. The first-order valence-electron chi connectivity index (χ1n) is 8.94. The van der Waals surface area contributed by atoms with Crippen LogP contribution in [-0.2, 0) is 6.18 Å². The number of rotatable bonds is 2. The van der Waals surface area contributed by atoms with Crippen molar-refractivity contribution in [3.63, 3.8) is 0 Å². The Hall–Kier alpha value is -3.65. The molecule has 2 nitrogen and oxygen atoms in total. The lowest BCUT2D eigenvalue weighted by Gasteiger charge is -2.14. The number of alkyl halides is 3. The van der Waals surface area contributed by atoms with Crippen LogP contribution in [0.5, 0.6) is 0 Å². The van der Waals surface area contributed by atoms with E-state index in [4.69, 9.17) is 1.37 Å². The number of nitrogens with zero attached hydrogens (tertiary/aromatic N) is 2. The molecular weight excluding hydrogens is 361 g/mol. The van der Waals surface area contributed by atoms with Crippen LogP contribution in [0.2, 0.25) is 0 Å².